The first-order valence-electron chi connectivity index (χ1n) is 9.85. The third-order valence-electron chi connectivity index (χ3n) is 5.37. The van der Waals surface area contributed by atoms with Crippen molar-refractivity contribution < 1.29 is 14.3 Å². The predicted molar refractivity (Wildman–Crippen MR) is 101 cm³/mol. The zero-order chi connectivity index (χ0) is 18.5. The van der Waals surface area contributed by atoms with Crippen molar-refractivity contribution in [1.82, 2.24) is 10.2 Å². The number of aryl methyl sites for hydroxylation is 1. The van der Waals surface area contributed by atoms with Gasteiger partial charge in [-0.1, -0.05) is 36.2 Å². The van der Waals surface area contributed by atoms with Gasteiger partial charge in [0.05, 0.1) is 19.2 Å². The Morgan fingerprint density at radius 3 is 2.58 bits per heavy atom. The molecule has 3 rings (SSSR count). The zero-order valence-corrected chi connectivity index (χ0v) is 15.9. The average molecular weight is 358 g/mol. The minimum absolute atomic E-state index is 0.00123. The van der Waals surface area contributed by atoms with Crippen molar-refractivity contribution in [2.24, 2.45) is 5.92 Å². The average Bonchev–Trinajstić information content (AvgIpc) is 3.46. The quantitative estimate of drug-likeness (QED) is 0.761. The summed E-state index contributed by atoms with van der Waals surface area (Å²) >= 11 is 0. The van der Waals surface area contributed by atoms with Crippen LogP contribution in [0, 0.1) is 12.8 Å². The van der Waals surface area contributed by atoms with E-state index < -0.39 is 0 Å². The summed E-state index contributed by atoms with van der Waals surface area (Å²) < 4.78 is 5.19. The Kier molecular flexibility index (Phi) is 6.30. The number of hydrogen-bond donors (Lipinski definition) is 1. The normalized spacial score (nSPS) is 21.8. The molecule has 0 radical (unpaired) electrons. The lowest BCUT2D eigenvalue weighted by molar-refractivity contribution is -0.151. The number of hydrogen-bond acceptors (Lipinski definition) is 4. The van der Waals surface area contributed by atoms with Crippen LogP contribution in [-0.2, 0) is 14.3 Å². The van der Waals surface area contributed by atoms with Gasteiger partial charge in [0, 0.05) is 0 Å². The van der Waals surface area contributed by atoms with Crippen LogP contribution in [0.3, 0.4) is 0 Å². The third-order valence-corrected chi connectivity index (χ3v) is 5.37. The molecule has 142 valence electrons. The number of amides is 1. The van der Waals surface area contributed by atoms with E-state index >= 15 is 0 Å². The summed E-state index contributed by atoms with van der Waals surface area (Å²) in [7, 11) is 0. The third kappa shape index (κ3) is 4.85. The molecule has 5 heteroatoms. The van der Waals surface area contributed by atoms with Crippen LogP contribution in [0.1, 0.15) is 56.2 Å². The lowest BCUT2D eigenvalue weighted by Crippen LogP contribution is -2.50. The van der Waals surface area contributed by atoms with Crippen LogP contribution < -0.4 is 5.32 Å². The Hall–Kier alpha value is -1.88. The van der Waals surface area contributed by atoms with E-state index in [0.29, 0.717) is 12.5 Å². The molecule has 26 heavy (non-hydrogen) atoms. The number of piperidine rings is 1. The SMILES string of the molecule is CCOC(=O)[C@H]1CCCCN1CC(=O)N[C@H](c1ccc(C)cc1)C1CC1. The summed E-state index contributed by atoms with van der Waals surface area (Å²) in [5.74, 6) is 0.333. The molecule has 2 aliphatic rings. The second kappa shape index (κ2) is 8.67. The van der Waals surface area contributed by atoms with Gasteiger partial charge in [0.1, 0.15) is 6.04 Å². The van der Waals surface area contributed by atoms with Gasteiger partial charge in [0.15, 0.2) is 0 Å². The number of carbonyl (C=O) groups excluding carboxylic acids is 2. The molecule has 1 amide bonds. The highest BCUT2D eigenvalue weighted by Gasteiger charge is 2.35. The molecule has 2 atom stereocenters. The van der Waals surface area contributed by atoms with E-state index in [9.17, 15) is 9.59 Å². The van der Waals surface area contributed by atoms with Crippen LogP contribution in [0.4, 0.5) is 0 Å². The molecule has 0 spiro atoms. The number of nitrogens with zero attached hydrogens (tertiary/aromatic N) is 1. The number of esters is 1. The topological polar surface area (TPSA) is 58.6 Å². The van der Waals surface area contributed by atoms with Crippen LogP contribution >= 0.6 is 0 Å². The molecule has 1 saturated carbocycles. The first kappa shape index (κ1) is 18.9. The maximum atomic E-state index is 12.7. The fourth-order valence-electron chi connectivity index (χ4n) is 3.77. The van der Waals surface area contributed by atoms with E-state index in [2.05, 4.69) is 36.5 Å². The second-order valence-electron chi connectivity index (χ2n) is 7.53. The number of likely N-dealkylation sites (tertiary alicyclic amines) is 1. The Bertz CT molecular complexity index is 625. The number of benzene rings is 1. The fourth-order valence-corrected chi connectivity index (χ4v) is 3.77. The Balaban J connectivity index is 1.62. The first-order chi connectivity index (χ1) is 12.6. The van der Waals surface area contributed by atoms with Gasteiger partial charge < -0.3 is 10.1 Å². The van der Waals surface area contributed by atoms with Gasteiger partial charge in [-0.2, -0.15) is 0 Å². The minimum atomic E-state index is -0.284. The lowest BCUT2D eigenvalue weighted by Gasteiger charge is -2.33. The van der Waals surface area contributed by atoms with Gasteiger partial charge in [-0.25, -0.2) is 0 Å². The van der Waals surface area contributed by atoms with E-state index in [1.165, 1.54) is 11.1 Å². The zero-order valence-electron chi connectivity index (χ0n) is 15.9. The summed E-state index contributed by atoms with van der Waals surface area (Å²) in [5, 5.41) is 3.22. The van der Waals surface area contributed by atoms with E-state index in [4.69, 9.17) is 4.74 Å². The molecule has 1 aliphatic carbocycles. The van der Waals surface area contributed by atoms with E-state index in [0.717, 1.165) is 38.6 Å². The van der Waals surface area contributed by atoms with Gasteiger partial charge in [-0.15, -0.1) is 0 Å². The van der Waals surface area contributed by atoms with Gasteiger partial charge in [-0.3, -0.25) is 14.5 Å². The van der Waals surface area contributed by atoms with Crippen molar-refractivity contribution in [2.45, 2.75) is 58.0 Å². The molecule has 0 unspecified atom stereocenters. The second-order valence-corrected chi connectivity index (χ2v) is 7.53. The van der Waals surface area contributed by atoms with Crippen molar-refractivity contribution in [3.8, 4) is 0 Å². The van der Waals surface area contributed by atoms with Crippen LogP contribution in [0.25, 0.3) is 0 Å². The first-order valence-corrected chi connectivity index (χ1v) is 9.85. The van der Waals surface area contributed by atoms with Crippen molar-refractivity contribution in [2.75, 3.05) is 19.7 Å². The van der Waals surface area contributed by atoms with Crippen molar-refractivity contribution in [3.05, 3.63) is 35.4 Å². The van der Waals surface area contributed by atoms with Crippen molar-refractivity contribution >= 4 is 11.9 Å². The largest absolute Gasteiger partial charge is 0.465 e. The molecule has 1 heterocycles. The molecule has 0 aromatic heterocycles. The van der Waals surface area contributed by atoms with E-state index in [1.54, 1.807) is 0 Å². The van der Waals surface area contributed by atoms with Gasteiger partial charge in [0.25, 0.3) is 0 Å². The Labute approximate surface area is 156 Å². The maximum absolute atomic E-state index is 12.7. The molecule has 1 N–H and O–H groups in total. The standard InChI is InChI=1S/C21H30N2O3/c1-3-26-21(25)18-6-4-5-13-23(18)14-19(24)22-20(17-11-12-17)16-9-7-15(2)8-10-16/h7-10,17-18,20H,3-6,11-14H2,1-2H3,(H,22,24)/t18-,20-/m1/s1. The number of nitrogens with one attached hydrogen (secondary N) is 1. The molecule has 5 nitrogen and oxygen atoms in total. The van der Waals surface area contributed by atoms with Crippen molar-refractivity contribution in [1.29, 1.82) is 0 Å². The van der Waals surface area contributed by atoms with Gasteiger partial charge in [-0.05, 0) is 57.6 Å². The fraction of sp³-hybridized carbons (Fsp3) is 0.619. The summed E-state index contributed by atoms with van der Waals surface area (Å²) in [6.07, 6.45) is 5.13. The maximum Gasteiger partial charge on any atom is 0.323 e. The molecule has 1 aromatic rings. The Morgan fingerprint density at radius 1 is 1.19 bits per heavy atom. The molecular formula is C21H30N2O3. The summed E-state index contributed by atoms with van der Waals surface area (Å²) in [5.41, 5.74) is 2.40. The molecular weight excluding hydrogens is 328 g/mol. The molecule has 1 aromatic carbocycles. The predicted octanol–water partition coefficient (Wildman–Crippen LogP) is 2.98. The van der Waals surface area contributed by atoms with Crippen LogP contribution in [-0.4, -0.2) is 42.5 Å². The van der Waals surface area contributed by atoms with E-state index in [-0.39, 0.29) is 30.5 Å². The number of carbonyl (C=O) groups is 2. The van der Waals surface area contributed by atoms with Gasteiger partial charge >= 0.3 is 5.97 Å². The minimum Gasteiger partial charge on any atom is -0.465 e. The highest BCUT2D eigenvalue weighted by atomic mass is 16.5. The smallest absolute Gasteiger partial charge is 0.323 e. The highest BCUT2D eigenvalue weighted by molar-refractivity contribution is 5.81. The van der Waals surface area contributed by atoms with Crippen LogP contribution in [0.2, 0.25) is 0 Å². The summed E-state index contributed by atoms with van der Waals surface area (Å²) in [4.78, 5) is 26.9. The number of ether oxygens (including phenoxy) is 1. The molecule has 1 aliphatic heterocycles. The lowest BCUT2D eigenvalue weighted by atomic mass is 10.0. The summed E-state index contributed by atoms with van der Waals surface area (Å²) in [6.45, 7) is 5.31. The van der Waals surface area contributed by atoms with Crippen molar-refractivity contribution in [3.63, 3.8) is 0 Å². The van der Waals surface area contributed by atoms with E-state index in [1.807, 2.05) is 11.8 Å². The number of rotatable bonds is 7. The Morgan fingerprint density at radius 2 is 1.92 bits per heavy atom. The molecule has 2 fully saturated rings. The monoisotopic (exact) mass is 358 g/mol. The van der Waals surface area contributed by atoms with Crippen LogP contribution in [0.5, 0.6) is 0 Å². The summed E-state index contributed by atoms with van der Waals surface area (Å²) in [6, 6.07) is 8.21. The van der Waals surface area contributed by atoms with Crippen LogP contribution in [0.15, 0.2) is 24.3 Å². The molecule has 0 bridgehead atoms. The van der Waals surface area contributed by atoms with Gasteiger partial charge in [0.2, 0.25) is 5.91 Å². The highest BCUT2D eigenvalue weighted by Crippen LogP contribution is 2.41. The molecule has 1 saturated heterocycles.